The summed E-state index contributed by atoms with van der Waals surface area (Å²) in [7, 11) is 3.51. The first kappa shape index (κ1) is 12.8. The number of methoxy groups -OCH3 is 1. The predicted molar refractivity (Wildman–Crippen MR) is 72.9 cm³/mol. The summed E-state index contributed by atoms with van der Waals surface area (Å²) in [4.78, 5) is 6.34. The summed E-state index contributed by atoms with van der Waals surface area (Å²) in [5.74, 6) is 0.878. The lowest BCUT2D eigenvalue weighted by Gasteiger charge is -2.22. The van der Waals surface area contributed by atoms with E-state index in [4.69, 9.17) is 4.74 Å². The number of rotatable bonds is 5. The molecule has 0 spiro atoms. The number of ether oxygens (including phenoxy) is 1. The molecular weight excluding hydrogens is 228 g/mol. The van der Waals surface area contributed by atoms with Crippen molar-refractivity contribution < 1.29 is 9.84 Å². The largest absolute Gasteiger partial charge is 0.389 e. The molecule has 1 aromatic heterocycles. The number of pyridine rings is 1. The van der Waals surface area contributed by atoms with Gasteiger partial charge in [-0.1, -0.05) is 24.3 Å². The van der Waals surface area contributed by atoms with E-state index in [1.54, 1.807) is 13.3 Å². The van der Waals surface area contributed by atoms with Gasteiger partial charge in [-0.15, -0.1) is 0 Å². The first-order valence-corrected chi connectivity index (χ1v) is 5.94. The number of aliphatic hydroxyl groups is 1. The van der Waals surface area contributed by atoms with Gasteiger partial charge in [-0.2, -0.15) is 0 Å². The number of aromatic nitrogens is 1. The van der Waals surface area contributed by atoms with E-state index in [9.17, 15) is 5.11 Å². The van der Waals surface area contributed by atoms with Crippen LogP contribution >= 0.6 is 0 Å². The number of nitrogens with zero attached hydrogens (tertiary/aromatic N) is 2. The van der Waals surface area contributed by atoms with Gasteiger partial charge in [-0.25, -0.2) is 4.98 Å². The number of benzene rings is 1. The van der Waals surface area contributed by atoms with Crippen LogP contribution in [0.4, 0.5) is 5.82 Å². The van der Waals surface area contributed by atoms with E-state index in [-0.39, 0.29) is 0 Å². The molecule has 4 nitrogen and oxygen atoms in total. The van der Waals surface area contributed by atoms with Crippen molar-refractivity contribution in [3.8, 4) is 0 Å². The summed E-state index contributed by atoms with van der Waals surface area (Å²) in [6, 6.07) is 10.1. The molecule has 1 atom stereocenters. The minimum atomic E-state index is -0.513. The van der Waals surface area contributed by atoms with E-state index < -0.39 is 6.10 Å². The van der Waals surface area contributed by atoms with Crippen LogP contribution in [0, 0.1) is 0 Å². The zero-order valence-corrected chi connectivity index (χ0v) is 10.7. The van der Waals surface area contributed by atoms with Gasteiger partial charge in [0, 0.05) is 32.3 Å². The molecule has 18 heavy (non-hydrogen) atoms. The molecule has 0 amide bonds. The maximum Gasteiger partial charge on any atom is 0.136 e. The van der Waals surface area contributed by atoms with Gasteiger partial charge in [0.2, 0.25) is 0 Å². The summed E-state index contributed by atoms with van der Waals surface area (Å²) < 4.78 is 4.93. The summed E-state index contributed by atoms with van der Waals surface area (Å²) in [6.45, 7) is 0.823. The fourth-order valence-electron chi connectivity index (χ4n) is 2.06. The SMILES string of the molecule is COCC(O)CN(C)c1nccc2ccccc12. The topological polar surface area (TPSA) is 45.6 Å². The van der Waals surface area contributed by atoms with E-state index in [0.717, 1.165) is 16.6 Å². The Morgan fingerprint density at radius 3 is 2.89 bits per heavy atom. The summed E-state index contributed by atoms with van der Waals surface area (Å²) in [6.07, 6.45) is 1.28. The van der Waals surface area contributed by atoms with Crippen molar-refractivity contribution in [2.75, 3.05) is 32.2 Å². The minimum absolute atomic E-state index is 0.328. The average Bonchev–Trinajstić information content (AvgIpc) is 2.38. The third kappa shape index (κ3) is 2.78. The van der Waals surface area contributed by atoms with E-state index in [1.807, 2.05) is 36.2 Å². The molecule has 96 valence electrons. The minimum Gasteiger partial charge on any atom is -0.389 e. The second-order valence-electron chi connectivity index (χ2n) is 4.35. The number of hydrogen-bond donors (Lipinski definition) is 1. The van der Waals surface area contributed by atoms with E-state index in [2.05, 4.69) is 11.1 Å². The molecule has 0 saturated heterocycles. The Hall–Kier alpha value is -1.65. The Bertz CT molecular complexity index is 511. The lowest BCUT2D eigenvalue weighted by Crippen LogP contribution is -2.32. The molecule has 0 radical (unpaired) electrons. The van der Waals surface area contributed by atoms with Gasteiger partial charge < -0.3 is 14.7 Å². The normalized spacial score (nSPS) is 12.6. The molecule has 1 N–H and O–H groups in total. The van der Waals surface area contributed by atoms with Gasteiger partial charge in [0.1, 0.15) is 5.82 Å². The molecule has 1 aromatic carbocycles. The highest BCUT2D eigenvalue weighted by molar-refractivity contribution is 5.91. The lowest BCUT2D eigenvalue weighted by molar-refractivity contribution is 0.0694. The van der Waals surface area contributed by atoms with Crippen LogP contribution in [0.2, 0.25) is 0 Å². The van der Waals surface area contributed by atoms with Crippen molar-refractivity contribution in [2.24, 2.45) is 0 Å². The molecule has 0 saturated carbocycles. The number of likely N-dealkylation sites (N-methyl/N-ethyl adjacent to an activating group) is 1. The average molecular weight is 246 g/mol. The predicted octanol–water partition coefficient (Wildman–Crippen LogP) is 1.68. The first-order chi connectivity index (χ1) is 8.72. The molecule has 0 aliphatic carbocycles. The van der Waals surface area contributed by atoms with Crippen LogP contribution in [0.3, 0.4) is 0 Å². The van der Waals surface area contributed by atoms with Crippen molar-refractivity contribution in [1.29, 1.82) is 0 Å². The molecule has 1 unspecified atom stereocenters. The molecule has 4 heteroatoms. The Kier molecular flexibility index (Phi) is 4.12. The molecule has 1 heterocycles. The fraction of sp³-hybridized carbons (Fsp3) is 0.357. The van der Waals surface area contributed by atoms with Crippen LogP contribution in [0.25, 0.3) is 10.8 Å². The third-order valence-corrected chi connectivity index (χ3v) is 2.86. The van der Waals surface area contributed by atoms with Crippen LogP contribution in [-0.4, -0.2) is 43.5 Å². The fourth-order valence-corrected chi connectivity index (χ4v) is 2.06. The van der Waals surface area contributed by atoms with Crippen molar-refractivity contribution >= 4 is 16.6 Å². The Labute approximate surface area is 107 Å². The third-order valence-electron chi connectivity index (χ3n) is 2.86. The van der Waals surface area contributed by atoms with Gasteiger partial charge in [0.25, 0.3) is 0 Å². The van der Waals surface area contributed by atoms with Gasteiger partial charge in [0.15, 0.2) is 0 Å². The van der Waals surface area contributed by atoms with E-state index >= 15 is 0 Å². The molecular formula is C14H18N2O2. The van der Waals surface area contributed by atoms with Crippen molar-refractivity contribution in [3.05, 3.63) is 36.5 Å². The Morgan fingerprint density at radius 2 is 2.11 bits per heavy atom. The molecule has 0 bridgehead atoms. The van der Waals surface area contributed by atoms with Crippen LogP contribution in [0.1, 0.15) is 0 Å². The number of anilines is 1. The van der Waals surface area contributed by atoms with E-state index in [0.29, 0.717) is 13.2 Å². The Morgan fingerprint density at radius 1 is 1.33 bits per heavy atom. The smallest absolute Gasteiger partial charge is 0.136 e. The second kappa shape index (κ2) is 5.80. The number of hydrogen-bond acceptors (Lipinski definition) is 4. The molecule has 0 fully saturated rings. The monoisotopic (exact) mass is 246 g/mol. The summed E-state index contributed by atoms with van der Waals surface area (Å²) in [5, 5.41) is 12.0. The summed E-state index contributed by atoms with van der Waals surface area (Å²) >= 11 is 0. The van der Waals surface area contributed by atoms with E-state index in [1.165, 1.54) is 0 Å². The first-order valence-electron chi connectivity index (χ1n) is 5.94. The zero-order chi connectivity index (χ0) is 13.0. The maximum absolute atomic E-state index is 9.76. The summed E-state index contributed by atoms with van der Waals surface area (Å²) in [5.41, 5.74) is 0. The molecule has 2 aromatic rings. The van der Waals surface area contributed by atoms with Crippen molar-refractivity contribution in [1.82, 2.24) is 4.98 Å². The zero-order valence-electron chi connectivity index (χ0n) is 10.7. The molecule has 0 aliphatic rings. The molecule has 0 aliphatic heterocycles. The molecule has 2 rings (SSSR count). The van der Waals surface area contributed by atoms with Crippen LogP contribution in [0.5, 0.6) is 0 Å². The number of fused-ring (bicyclic) bond motifs is 1. The lowest BCUT2D eigenvalue weighted by atomic mass is 10.1. The highest BCUT2D eigenvalue weighted by atomic mass is 16.5. The van der Waals surface area contributed by atoms with Crippen molar-refractivity contribution in [3.63, 3.8) is 0 Å². The van der Waals surface area contributed by atoms with Gasteiger partial charge in [0.05, 0.1) is 12.7 Å². The van der Waals surface area contributed by atoms with Gasteiger partial charge in [-0.05, 0) is 11.5 Å². The van der Waals surface area contributed by atoms with Crippen LogP contribution in [0.15, 0.2) is 36.5 Å². The van der Waals surface area contributed by atoms with Crippen LogP contribution < -0.4 is 4.90 Å². The maximum atomic E-state index is 9.76. The second-order valence-corrected chi connectivity index (χ2v) is 4.35. The standard InChI is InChI=1S/C14H18N2O2/c1-16(9-12(17)10-18-2)14-13-6-4-3-5-11(13)7-8-15-14/h3-8,12,17H,9-10H2,1-2H3. The quantitative estimate of drug-likeness (QED) is 0.872. The number of aliphatic hydroxyl groups excluding tert-OH is 1. The Balaban J connectivity index is 2.24. The highest BCUT2D eigenvalue weighted by Crippen LogP contribution is 2.23. The van der Waals surface area contributed by atoms with Crippen LogP contribution in [-0.2, 0) is 4.74 Å². The highest BCUT2D eigenvalue weighted by Gasteiger charge is 2.11. The van der Waals surface area contributed by atoms with Crippen molar-refractivity contribution in [2.45, 2.75) is 6.10 Å². The van der Waals surface area contributed by atoms with Gasteiger partial charge in [-0.3, -0.25) is 0 Å². The van der Waals surface area contributed by atoms with Gasteiger partial charge >= 0.3 is 0 Å².